The van der Waals surface area contributed by atoms with Crippen LogP contribution in [0.1, 0.15) is 55.4 Å². The molecule has 4 aromatic rings. The van der Waals surface area contributed by atoms with Gasteiger partial charge >= 0.3 is 6.03 Å². The maximum absolute atomic E-state index is 13.1. The molecule has 7 nitrogen and oxygen atoms in total. The van der Waals surface area contributed by atoms with Crippen molar-refractivity contribution in [2.45, 2.75) is 58.2 Å². The molecule has 41 heavy (non-hydrogen) atoms. The van der Waals surface area contributed by atoms with E-state index < -0.39 is 0 Å². The molecule has 2 unspecified atom stereocenters. The zero-order valence-electron chi connectivity index (χ0n) is 23.9. The van der Waals surface area contributed by atoms with Gasteiger partial charge in [-0.1, -0.05) is 54.6 Å². The van der Waals surface area contributed by atoms with Gasteiger partial charge in [0.15, 0.2) is 0 Å². The molecule has 0 spiro atoms. The van der Waals surface area contributed by atoms with Crippen LogP contribution < -0.4 is 10.6 Å². The van der Waals surface area contributed by atoms with Crippen LogP contribution in [-0.4, -0.2) is 38.7 Å². The Kier molecular flexibility index (Phi) is 7.12. The predicted molar refractivity (Wildman–Crippen MR) is 161 cm³/mol. The Morgan fingerprint density at radius 3 is 2.56 bits per heavy atom. The Balaban J connectivity index is 1.27. The molecule has 7 heteroatoms. The minimum absolute atomic E-state index is 0.0200. The lowest BCUT2D eigenvalue weighted by molar-refractivity contribution is -0.122. The normalized spacial score (nSPS) is 18.0. The van der Waals surface area contributed by atoms with Gasteiger partial charge in [-0.15, -0.1) is 0 Å². The molecule has 0 bridgehead atoms. The third kappa shape index (κ3) is 5.89. The van der Waals surface area contributed by atoms with Gasteiger partial charge in [0.1, 0.15) is 0 Å². The van der Waals surface area contributed by atoms with Crippen molar-refractivity contribution in [3.63, 3.8) is 0 Å². The number of urea groups is 1. The van der Waals surface area contributed by atoms with Gasteiger partial charge in [-0.05, 0) is 91.1 Å². The van der Waals surface area contributed by atoms with E-state index in [4.69, 9.17) is 0 Å². The number of nitrogens with zero attached hydrogens (tertiary/aromatic N) is 3. The lowest BCUT2D eigenvalue weighted by atomic mass is 9.87. The Morgan fingerprint density at radius 1 is 0.976 bits per heavy atom. The van der Waals surface area contributed by atoms with Gasteiger partial charge in [0.2, 0.25) is 5.91 Å². The Bertz CT molecular complexity index is 1560. The molecule has 2 heterocycles. The summed E-state index contributed by atoms with van der Waals surface area (Å²) in [5, 5.41) is 10.7. The van der Waals surface area contributed by atoms with E-state index in [1.165, 1.54) is 11.1 Å². The summed E-state index contributed by atoms with van der Waals surface area (Å²) in [6.07, 6.45) is 5.35. The second kappa shape index (κ2) is 10.9. The Labute approximate surface area is 241 Å². The molecule has 1 saturated carbocycles. The van der Waals surface area contributed by atoms with E-state index >= 15 is 0 Å². The predicted octanol–water partition coefficient (Wildman–Crippen LogP) is 5.83. The summed E-state index contributed by atoms with van der Waals surface area (Å²) in [5.74, 6) is 0.416. The van der Waals surface area contributed by atoms with Crippen LogP contribution in [-0.2, 0) is 24.3 Å². The molecule has 2 atom stereocenters. The number of carbonyl (C=O) groups excluding carboxylic acids is 2. The molecule has 1 aromatic heterocycles. The lowest BCUT2D eigenvalue weighted by Gasteiger charge is -2.34. The summed E-state index contributed by atoms with van der Waals surface area (Å²) < 4.78 is 1.86. The average molecular weight is 548 g/mol. The fourth-order valence-corrected chi connectivity index (χ4v) is 5.85. The maximum Gasteiger partial charge on any atom is 0.318 e. The van der Waals surface area contributed by atoms with Crippen LogP contribution in [0, 0.1) is 5.92 Å². The van der Waals surface area contributed by atoms with Crippen LogP contribution >= 0.6 is 0 Å². The van der Waals surface area contributed by atoms with E-state index in [-0.39, 0.29) is 23.4 Å². The van der Waals surface area contributed by atoms with Crippen LogP contribution in [0.15, 0.2) is 85.2 Å². The highest BCUT2D eigenvalue weighted by atomic mass is 16.2. The van der Waals surface area contributed by atoms with Crippen LogP contribution in [0.5, 0.6) is 0 Å². The van der Waals surface area contributed by atoms with Gasteiger partial charge in [0.05, 0.1) is 5.69 Å². The monoisotopic (exact) mass is 547 g/mol. The molecule has 6 rings (SSSR count). The summed E-state index contributed by atoms with van der Waals surface area (Å²) in [6.45, 7) is 7.57. The van der Waals surface area contributed by atoms with Gasteiger partial charge in [-0.2, -0.15) is 5.10 Å². The molecule has 2 N–H and O–H groups in total. The third-order valence-corrected chi connectivity index (χ3v) is 8.01. The molecular formula is C34H37N5O2. The number of nitrogens with one attached hydrogen (secondary N) is 2. The summed E-state index contributed by atoms with van der Waals surface area (Å²) in [4.78, 5) is 28.1. The minimum atomic E-state index is -0.317. The van der Waals surface area contributed by atoms with E-state index in [2.05, 4.69) is 58.2 Å². The summed E-state index contributed by atoms with van der Waals surface area (Å²) in [7, 11) is 0. The van der Waals surface area contributed by atoms with E-state index in [0.717, 1.165) is 40.8 Å². The second-order valence-corrected chi connectivity index (χ2v) is 12.2. The number of fused-ring (bicyclic) bond motifs is 1. The molecule has 3 aromatic carbocycles. The van der Waals surface area contributed by atoms with Gasteiger partial charge < -0.3 is 15.5 Å². The fourth-order valence-electron chi connectivity index (χ4n) is 5.85. The van der Waals surface area contributed by atoms with E-state index in [0.29, 0.717) is 25.6 Å². The van der Waals surface area contributed by atoms with Crippen LogP contribution in [0.3, 0.4) is 0 Å². The number of carbonyl (C=O) groups is 2. The highest BCUT2D eigenvalue weighted by Gasteiger charge is 2.43. The van der Waals surface area contributed by atoms with Crippen molar-refractivity contribution >= 4 is 11.9 Å². The van der Waals surface area contributed by atoms with E-state index in [1.807, 2.05) is 66.9 Å². The first-order chi connectivity index (χ1) is 19.8. The fraction of sp³-hybridized carbons (Fsp3) is 0.324. The number of hydrogen-bond donors (Lipinski definition) is 2. The smallest absolute Gasteiger partial charge is 0.318 e. The first-order valence-corrected chi connectivity index (χ1v) is 14.4. The number of rotatable bonds is 6. The van der Waals surface area contributed by atoms with Crippen molar-refractivity contribution < 1.29 is 9.59 Å². The number of benzene rings is 3. The molecule has 0 radical (unpaired) electrons. The quantitative estimate of drug-likeness (QED) is 0.319. The summed E-state index contributed by atoms with van der Waals surface area (Å²) in [5.41, 5.74) is 7.60. The zero-order valence-corrected chi connectivity index (χ0v) is 23.9. The molecule has 1 aliphatic heterocycles. The van der Waals surface area contributed by atoms with Crippen LogP contribution in [0.4, 0.5) is 4.79 Å². The van der Waals surface area contributed by atoms with E-state index in [1.54, 1.807) is 6.20 Å². The summed E-state index contributed by atoms with van der Waals surface area (Å²) in [6, 6.07) is 24.8. The highest BCUT2D eigenvalue weighted by molar-refractivity contribution is 5.83. The second-order valence-electron chi connectivity index (χ2n) is 12.2. The molecular weight excluding hydrogens is 510 g/mol. The highest BCUT2D eigenvalue weighted by Crippen LogP contribution is 2.47. The number of aromatic nitrogens is 2. The average Bonchev–Trinajstić information content (AvgIpc) is 3.59. The minimum Gasteiger partial charge on any atom is -0.352 e. The molecule has 0 saturated heterocycles. The lowest BCUT2D eigenvalue weighted by Crippen LogP contribution is -2.50. The van der Waals surface area contributed by atoms with Gasteiger partial charge in [0, 0.05) is 43.5 Å². The first-order valence-electron chi connectivity index (χ1n) is 14.4. The molecule has 1 fully saturated rings. The first kappa shape index (κ1) is 26.8. The van der Waals surface area contributed by atoms with Crippen molar-refractivity contribution in [3.05, 3.63) is 107 Å². The molecule has 3 amide bonds. The third-order valence-electron chi connectivity index (χ3n) is 8.01. The van der Waals surface area contributed by atoms with Crippen LogP contribution in [0.25, 0.3) is 16.8 Å². The zero-order chi connectivity index (χ0) is 28.6. The molecule has 210 valence electrons. The Hall–Kier alpha value is -4.39. The van der Waals surface area contributed by atoms with Gasteiger partial charge in [-0.25, -0.2) is 9.48 Å². The Morgan fingerprint density at radius 2 is 1.80 bits per heavy atom. The van der Waals surface area contributed by atoms with Crippen molar-refractivity contribution in [1.29, 1.82) is 0 Å². The van der Waals surface area contributed by atoms with Crippen molar-refractivity contribution in [2.24, 2.45) is 5.92 Å². The molecule has 2 aliphatic rings. The van der Waals surface area contributed by atoms with Crippen molar-refractivity contribution in [1.82, 2.24) is 25.3 Å². The van der Waals surface area contributed by atoms with Crippen molar-refractivity contribution in [2.75, 3.05) is 6.54 Å². The standard InChI is InChI=1S/C34H37N5O2/c1-34(2,3)37-33(41)38-18-15-28-27(24-11-7-12-26(19-24)39-17-8-16-36-39)14-13-25(31(28)22-38)21-35-32(40)30-20-29(30)23-9-5-4-6-10-23/h4-14,16-17,19,29-30H,15,18,20-22H2,1-3H3,(H,35,40)(H,37,41). The van der Waals surface area contributed by atoms with Gasteiger partial charge in [0.25, 0.3) is 0 Å². The van der Waals surface area contributed by atoms with E-state index in [9.17, 15) is 9.59 Å². The SMILES string of the molecule is CC(C)(C)NC(=O)N1CCc2c(-c3cccc(-n4cccn4)c3)ccc(CNC(=O)C3CC3c3ccccc3)c2C1. The number of hydrogen-bond acceptors (Lipinski definition) is 3. The largest absolute Gasteiger partial charge is 0.352 e. The number of amides is 3. The molecule has 1 aliphatic carbocycles. The van der Waals surface area contributed by atoms with Crippen molar-refractivity contribution in [3.8, 4) is 16.8 Å². The summed E-state index contributed by atoms with van der Waals surface area (Å²) >= 11 is 0. The van der Waals surface area contributed by atoms with Gasteiger partial charge in [-0.3, -0.25) is 4.79 Å². The maximum atomic E-state index is 13.1. The van der Waals surface area contributed by atoms with Crippen LogP contribution in [0.2, 0.25) is 0 Å². The topological polar surface area (TPSA) is 79.3 Å².